The van der Waals surface area contributed by atoms with E-state index in [1.807, 2.05) is 6.92 Å². The fourth-order valence-corrected chi connectivity index (χ4v) is 3.04. The second kappa shape index (κ2) is 8.74. The minimum absolute atomic E-state index is 0.222. The molecule has 1 aromatic heterocycles. The van der Waals surface area contributed by atoms with Crippen molar-refractivity contribution >= 4 is 25.1 Å². The first-order valence-corrected chi connectivity index (χ1v) is 9.37. The quantitative estimate of drug-likeness (QED) is 0.488. The average molecular weight is 363 g/mol. The van der Waals surface area contributed by atoms with Crippen molar-refractivity contribution in [1.29, 1.82) is 0 Å². The van der Waals surface area contributed by atoms with E-state index in [1.54, 1.807) is 25.3 Å². The molecule has 25 heavy (non-hydrogen) atoms. The van der Waals surface area contributed by atoms with E-state index >= 15 is 0 Å². The summed E-state index contributed by atoms with van der Waals surface area (Å²) < 4.78 is 16.8. The Morgan fingerprint density at radius 2 is 2.12 bits per heavy atom. The van der Waals surface area contributed by atoms with Crippen LogP contribution in [-0.2, 0) is 11.0 Å². The molecular weight excluding hydrogens is 339 g/mol. The van der Waals surface area contributed by atoms with Crippen LogP contribution in [0.3, 0.4) is 0 Å². The minimum Gasteiger partial charge on any atom is -0.496 e. The van der Waals surface area contributed by atoms with Gasteiger partial charge < -0.3 is 15.8 Å². The first kappa shape index (κ1) is 19.1. The lowest BCUT2D eigenvalue weighted by Gasteiger charge is -2.15. The third-order valence-electron chi connectivity index (χ3n) is 3.91. The second-order valence-electron chi connectivity index (χ2n) is 5.72. The Hall–Kier alpha value is -2.24. The van der Waals surface area contributed by atoms with Gasteiger partial charge in [0.1, 0.15) is 11.6 Å². The Bertz CT molecular complexity index is 768. The molecule has 7 nitrogen and oxygen atoms in total. The Balaban J connectivity index is 2.42. The zero-order valence-corrected chi connectivity index (χ0v) is 15.6. The molecule has 0 aliphatic carbocycles. The summed E-state index contributed by atoms with van der Waals surface area (Å²) in [6, 6.07) is 4.97. The van der Waals surface area contributed by atoms with Crippen molar-refractivity contribution in [1.82, 2.24) is 9.97 Å². The van der Waals surface area contributed by atoms with Gasteiger partial charge in [0.15, 0.2) is 0 Å². The van der Waals surface area contributed by atoms with Gasteiger partial charge in [-0.15, -0.1) is 0 Å². The monoisotopic (exact) mass is 363 g/mol. The van der Waals surface area contributed by atoms with Gasteiger partial charge >= 0.3 is 8.03 Å². The van der Waals surface area contributed by atoms with E-state index in [-0.39, 0.29) is 5.95 Å². The summed E-state index contributed by atoms with van der Waals surface area (Å²) in [4.78, 5) is 18.0. The minimum atomic E-state index is -2.41. The van der Waals surface area contributed by atoms with Gasteiger partial charge in [-0.1, -0.05) is 13.3 Å². The van der Waals surface area contributed by atoms with Crippen molar-refractivity contribution in [3.8, 4) is 5.75 Å². The summed E-state index contributed by atoms with van der Waals surface area (Å²) in [6.45, 7) is 4.79. The molecule has 0 radical (unpaired) electrons. The molecule has 1 unspecified atom stereocenters. The summed E-state index contributed by atoms with van der Waals surface area (Å²) in [5, 5.41) is 3.67. The zero-order chi connectivity index (χ0) is 18.4. The smallest absolute Gasteiger partial charge is 0.496 e. The Morgan fingerprint density at radius 3 is 2.76 bits per heavy atom. The van der Waals surface area contributed by atoms with Gasteiger partial charge in [-0.3, -0.25) is 0 Å². The first-order chi connectivity index (χ1) is 12.0. The molecule has 134 valence electrons. The molecule has 1 heterocycles. The standard InChI is InChI=1S/C17H23N4O3P/c1-4-5-8-19-16-14(11(2)20-17(18)21-16)10-12-9-13(25(22)23)6-7-15(12)24-3/h6-7,9H,4-5,8,10H2,1-3H3,(H3-,18,19,20,21,22,23)/p+1. The fourth-order valence-electron chi connectivity index (χ4n) is 2.57. The number of nitrogens with one attached hydrogen (secondary N) is 1. The predicted molar refractivity (Wildman–Crippen MR) is 99.8 cm³/mol. The zero-order valence-electron chi connectivity index (χ0n) is 14.7. The average Bonchev–Trinajstić information content (AvgIpc) is 2.57. The van der Waals surface area contributed by atoms with Gasteiger partial charge in [0.05, 0.1) is 7.11 Å². The summed E-state index contributed by atoms with van der Waals surface area (Å²) in [5.74, 6) is 1.56. The normalized spacial score (nSPS) is 11.3. The van der Waals surface area contributed by atoms with Gasteiger partial charge in [-0.2, -0.15) is 9.88 Å². The number of nitrogens with two attached hydrogens (primary N) is 1. The van der Waals surface area contributed by atoms with Crippen molar-refractivity contribution < 1.29 is 14.2 Å². The fraction of sp³-hybridized carbons (Fsp3) is 0.412. The molecule has 8 heteroatoms. The molecule has 1 atom stereocenters. The van der Waals surface area contributed by atoms with Crippen LogP contribution in [0, 0.1) is 6.92 Å². The van der Waals surface area contributed by atoms with Gasteiger partial charge in [0, 0.05) is 35.9 Å². The highest BCUT2D eigenvalue weighted by molar-refractivity contribution is 7.47. The largest absolute Gasteiger partial charge is 0.546 e. The molecule has 0 fully saturated rings. The number of nitrogens with zero attached hydrogens (tertiary/aromatic N) is 2. The van der Waals surface area contributed by atoms with E-state index in [2.05, 4.69) is 22.2 Å². The summed E-state index contributed by atoms with van der Waals surface area (Å²) in [6.07, 6.45) is 2.56. The molecule has 2 rings (SSSR count). The summed E-state index contributed by atoms with van der Waals surface area (Å²) in [7, 11) is -0.835. The molecular formula is C17H24N4O3P+. The molecule has 0 amide bonds. The number of aryl methyl sites for hydroxylation is 1. The van der Waals surface area contributed by atoms with Gasteiger partial charge in [0.2, 0.25) is 11.3 Å². The molecule has 0 bridgehead atoms. The molecule has 0 aliphatic rings. The van der Waals surface area contributed by atoms with Crippen LogP contribution in [0.5, 0.6) is 5.75 Å². The lowest BCUT2D eigenvalue weighted by Crippen LogP contribution is -2.12. The van der Waals surface area contributed by atoms with Crippen LogP contribution < -0.4 is 21.1 Å². The molecule has 1 aromatic carbocycles. The maximum atomic E-state index is 11.4. The number of nitrogen functional groups attached to an aromatic ring is 1. The Labute approximate surface area is 148 Å². The highest BCUT2D eigenvalue weighted by atomic mass is 31.1. The number of unbranched alkanes of at least 4 members (excludes halogenated alkanes) is 1. The number of hydrogen-bond donors (Lipinski definition) is 3. The summed E-state index contributed by atoms with van der Waals surface area (Å²) >= 11 is 0. The van der Waals surface area contributed by atoms with Gasteiger partial charge in [-0.25, -0.2) is 4.98 Å². The summed E-state index contributed by atoms with van der Waals surface area (Å²) in [5.41, 5.74) is 8.25. The molecule has 0 spiro atoms. The van der Waals surface area contributed by atoms with Crippen LogP contribution in [0.1, 0.15) is 36.6 Å². The predicted octanol–water partition coefficient (Wildman–Crippen LogP) is 2.54. The number of ether oxygens (including phenoxy) is 1. The van der Waals surface area contributed by atoms with Crippen LogP contribution in [0.2, 0.25) is 0 Å². The first-order valence-electron chi connectivity index (χ1n) is 8.16. The number of methoxy groups -OCH3 is 1. The van der Waals surface area contributed by atoms with Crippen molar-refractivity contribution in [2.75, 3.05) is 24.7 Å². The van der Waals surface area contributed by atoms with Crippen LogP contribution >= 0.6 is 8.03 Å². The molecule has 4 N–H and O–H groups in total. The second-order valence-corrected chi connectivity index (χ2v) is 6.78. The molecule has 0 saturated carbocycles. The molecule has 0 aliphatic heterocycles. The van der Waals surface area contributed by atoms with E-state index in [4.69, 9.17) is 10.5 Å². The van der Waals surface area contributed by atoms with Crippen molar-refractivity contribution in [3.05, 3.63) is 35.0 Å². The molecule has 2 aromatic rings. The van der Waals surface area contributed by atoms with E-state index in [1.165, 1.54) is 0 Å². The van der Waals surface area contributed by atoms with Crippen LogP contribution in [0.25, 0.3) is 0 Å². The number of aromatic nitrogens is 2. The Morgan fingerprint density at radius 1 is 1.36 bits per heavy atom. The van der Waals surface area contributed by atoms with Gasteiger partial charge in [0.25, 0.3) is 0 Å². The third kappa shape index (κ3) is 4.87. The lowest BCUT2D eigenvalue weighted by molar-refractivity contribution is 0.410. The van der Waals surface area contributed by atoms with Crippen LogP contribution in [-0.4, -0.2) is 28.5 Å². The van der Waals surface area contributed by atoms with E-state index in [0.29, 0.717) is 23.3 Å². The SMILES string of the molecule is CCCCNc1nc(N)nc(C)c1Cc1cc([P+](=O)O)ccc1OC. The third-order valence-corrected chi connectivity index (χ3v) is 4.63. The van der Waals surface area contributed by atoms with Crippen LogP contribution in [0.4, 0.5) is 11.8 Å². The maximum absolute atomic E-state index is 11.4. The molecule has 0 saturated heterocycles. The van der Waals surface area contributed by atoms with Gasteiger partial charge in [-0.05, 0) is 30.0 Å². The van der Waals surface area contributed by atoms with E-state index in [9.17, 15) is 9.46 Å². The van der Waals surface area contributed by atoms with Crippen molar-refractivity contribution in [2.24, 2.45) is 0 Å². The number of rotatable bonds is 8. The Kier molecular flexibility index (Phi) is 6.67. The highest BCUT2D eigenvalue weighted by Crippen LogP contribution is 2.28. The van der Waals surface area contributed by atoms with Crippen molar-refractivity contribution in [2.45, 2.75) is 33.1 Å². The number of benzene rings is 1. The number of anilines is 2. The van der Waals surface area contributed by atoms with E-state index in [0.717, 1.165) is 36.2 Å². The maximum Gasteiger partial charge on any atom is 0.546 e. The van der Waals surface area contributed by atoms with Crippen LogP contribution in [0.15, 0.2) is 18.2 Å². The highest BCUT2D eigenvalue weighted by Gasteiger charge is 2.20. The van der Waals surface area contributed by atoms with Crippen molar-refractivity contribution in [3.63, 3.8) is 0 Å². The number of hydrogen-bond acceptors (Lipinski definition) is 6. The topological polar surface area (TPSA) is 110 Å². The lowest BCUT2D eigenvalue weighted by atomic mass is 10.0. The van der Waals surface area contributed by atoms with E-state index < -0.39 is 8.03 Å².